The predicted molar refractivity (Wildman–Crippen MR) is 128 cm³/mol. The largest absolute Gasteiger partial charge is 0.354 e. The number of nitrogens with zero attached hydrogens (tertiary/aromatic N) is 2. The van der Waals surface area contributed by atoms with Gasteiger partial charge in [0.2, 0.25) is 5.91 Å². The van der Waals surface area contributed by atoms with Gasteiger partial charge in [0.25, 0.3) is 11.1 Å². The number of hydrogen-bond acceptors (Lipinski definition) is 6. The van der Waals surface area contributed by atoms with E-state index in [4.69, 9.17) is 0 Å². The highest BCUT2D eigenvalue weighted by Gasteiger charge is 2.34. The number of thioether (sulfide) groups is 1. The van der Waals surface area contributed by atoms with Gasteiger partial charge in [-0.1, -0.05) is 30.3 Å². The van der Waals surface area contributed by atoms with Crippen LogP contribution in [0.5, 0.6) is 0 Å². The molecular weight excluding hydrogens is 461 g/mol. The third-order valence-corrected chi connectivity index (χ3v) is 6.75. The van der Waals surface area contributed by atoms with E-state index in [-0.39, 0.29) is 42.4 Å². The van der Waals surface area contributed by atoms with Gasteiger partial charge in [-0.2, -0.15) is 0 Å². The molecule has 4 rings (SSSR count). The van der Waals surface area contributed by atoms with Crippen molar-refractivity contribution in [3.63, 3.8) is 0 Å². The Kier molecular flexibility index (Phi) is 7.00. The first-order valence-corrected chi connectivity index (χ1v) is 11.8. The van der Waals surface area contributed by atoms with Crippen LogP contribution in [0.15, 0.2) is 59.5 Å². The third kappa shape index (κ3) is 5.55. The number of halogens is 1. The lowest BCUT2D eigenvalue weighted by Crippen LogP contribution is -2.37. The molecule has 0 unspecified atom stereocenters. The zero-order valence-electron chi connectivity index (χ0n) is 17.7. The number of thiazole rings is 1. The van der Waals surface area contributed by atoms with Crippen molar-refractivity contribution in [3.05, 3.63) is 80.8 Å². The molecule has 0 bridgehead atoms. The summed E-state index contributed by atoms with van der Waals surface area (Å²) in [7, 11) is 0. The molecule has 0 spiro atoms. The number of aryl methyl sites for hydroxylation is 1. The van der Waals surface area contributed by atoms with E-state index in [0.29, 0.717) is 10.6 Å². The molecule has 1 saturated heterocycles. The van der Waals surface area contributed by atoms with Crippen molar-refractivity contribution in [2.75, 3.05) is 13.1 Å². The minimum atomic E-state index is -0.361. The van der Waals surface area contributed by atoms with Crippen molar-refractivity contribution < 1.29 is 18.8 Å². The first-order valence-electron chi connectivity index (χ1n) is 10.2. The maximum Gasteiger partial charge on any atom is 0.293 e. The Morgan fingerprint density at radius 1 is 1.12 bits per heavy atom. The van der Waals surface area contributed by atoms with Gasteiger partial charge in [-0.05, 0) is 54.6 Å². The van der Waals surface area contributed by atoms with Gasteiger partial charge in [-0.25, -0.2) is 9.37 Å². The van der Waals surface area contributed by atoms with E-state index in [2.05, 4.69) is 10.3 Å². The molecule has 1 N–H and O–H groups in total. The number of imide groups is 1. The summed E-state index contributed by atoms with van der Waals surface area (Å²) in [4.78, 5) is 44.1. The normalized spacial score (nSPS) is 14.8. The fraction of sp³-hybridized carbons (Fsp3) is 0.167. The van der Waals surface area contributed by atoms with E-state index < -0.39 is 0 Å². The van der Waals surface area contributed by atoms with Crippen molar-refractivity contribution in [1.29, 1.82) is 0 Å². The van der Waals surface area contributed by atoms with Crippen LogP contribution in [0.2, 0.25) is 0 Å². The Morgan fingerprint density at radius 3 is 2.58 bits per heavy atom. The minimum Gasteiger partial charge on any atom is -0.354 e. The lowest BCUT2D eigenvalue weighted by molar-refractivity contribution is -0.124. The van der Waals surface area contributed by atoms with E-state index in [1.165, 1.54) is 23.5 Å². The molecule has 33 heavy (non-hydrogen) atoms. The van der Waals surface area contributed by atoms with Crippen molar-refractivity contribution in [1.82, 2.24) is 15.2 Å². The third-order valence-electron chi connectivity index (χ3n) is 4.87. The van der Waals surface area contributed by atoms with Crippen LogP contribution in [0, 0.1) is 12.7 Å². The van der Waals surface area contributed by atoms with Crippen LogP contribution in [0.3, 0.4) is 0 Å². The molecule has 9 heteroatoms. The number of rotatable bonds is 7. The van der Waals surface area contributed by atoms with Crippen molar-refractivity contribution >= 4 is 46.2 Å². The lowest BCUT2D eigenvalue weighted by atomic mass is 10.1. The van der Waals surface area contributed by atoms with Gasteiger partial charge in [0.15, 0.2) is 0 Å². The molecule has 1 aliphatic rings. The van der Waals surface area contributed by atoms with Gasteiger partial charge in [-0.15, -0.1) is 11.3 Å². The first-order chi connectivity index (χ1) is 15.9. The van der Waals surface area contributed by atoms with E-state index in [0.717, 1.165) is 37.7 Å². The Bertz CT molecular complexity index is 1220. The Hall–Kier alpha value is -3.30. The van der Waals surface area contributed by atoms with Crippen molar-refractivity contribution in [2.45, 2.75) is 13.3 Å². The average Bonchev–Trinajstić information content (AvgIpc) is 3.28. The van der Waals surface area contributed by atoms with Gasteiger partial charge in [0.1, 0.15) is 5.82 Å². The molecular formula is C24H20FN3O3S2. The van der Waals surface area contributed by atoms with E-state index in [1.54, 1.807) is 18.2 Å². The van der Waals surface area contributed by atoms with E-state index >= 15 is 0 Å². The summed E-state index contributed by atoms with van der Waals surface area (Å²) in [5, 5.41) is 3.22. The topological polar surface area (TPSA) is 79.4 Å². The van der Waals surface area contributed by atoms with Crippen LogP contribution < -0.4 is 5.32 Å². The molecule has 0 atom stereocenters. The Labute approximate surface area is 198 Å². The molecule has 0 radical (unpaired) electrons. The summed E-state index contributed by atoms with van der Waals surface area (Å²) in [6.07, 6.45) is 1.79. The highest BCUT2D eigenvalue weighted by atomic mass is 32.2. The summed E-state index contributed by atoms with van der Waals surface area (Å²) < 4.78 is 13.2. The molecule has 2 aromatic carbocycles. The number of benzene rings is 2. The molecule has 3 aromatic rings. The van der Waals surface area contributed by atoms with Gasteiger partial charge in [0.05, 0.1) is 22.0 Å². The fourth-order valence-corrected chi connectivity index (χ4v) is 5.15. The molecule has 3 amide bonds. The second kappa shape index (κ2) is 10.1. The zero-order valence-corrected chi connectivity index (χ0v) is 19.3. The van der Waals surface area contributed by atoms with Gasteiger partial charge >= 0.3 is 0 Å². The second-order valence-electron chi connectivity index (χ2n) is 7.28. The summed E-state index contributed by atoms with van der Waals surface area (Å²) >= 11 is 2.30. The molecule has 6 nitrogen and oxygen atoms in total. The minimum absolute atomic E-state index is 0.0923. The zero-order chi connectivity index (χ0) is 23.4. The quantitative estimate of drug-likeness (QED) is 0.497. The van der Waals surface area contributed by atoms with Crippen LogP contribution in [0.1, 0.15) is 15.4 Å². The summed E-state index contributed by atoms with van der Waals surface area (Å²) in [5.74, 6) is -0.940. The second-order valence-corrected chi connectivity index (χ2v) is 9.56. The molecule has 2 heterocycles. The lowest BCUT2D eigenvalue weighted by Gasteiger charge is -2.13. The maximum atomic E-state index is 13.2. The monoisotopic (exact) mass is 481 g/mol. The highest BCUT2D eigenvalue weighted by Crippen LogP contribution is 2.32. The number of aromatic nitrogens is 1. The van der Waals surface area contributed by atoms with Crippen LogP contribution >= 0.6 is 23.1 Å². The van der Waals surface area contributed by atoms with E-state index in [9.17, 15) is 18.8 Å². The standard InChI is InChI=1S/C24H20FN3O3S2/c1-15-27-22(17-7-9-18(25)10-8-17)19(32-15)14-21(29)26-11-12-28-23(30)20(33-24(28)31)13-16-5-3-2-4-6-16/h2-10,13H,11-12,14H2,1H3,(H,26,29). The molecule has 168 valence electrons. The summed E-state index contributed by atoms with van der Waals surface area (Å²) in [6.45, 7) is 2.09. The Balaban J connectivity index is 1.34. The van der Waals surface area contributed by atoms with Gasteiger partial charge in [0, 0.05) is 23.5 Å². The number of hydrogen-bond donors (Lipinski definition) is 1. The van der Waals surface area contributed by atoms with Crippen LogP contribution in [0.4, 0.5) is 9.18 Å². The molecule has 1 aromatic heterocycles. The number of carbonyl (C=O) groups is 3. The van der Waals surface area contributed by atoms with Gasteiger partial charge in [-0.3, -0.25) is 19.3 Å². The molecule has 1 aliphatic heterocycles. The van der Waals surface area contributed by atoms with Crippen molar-refractivity contribution in [3.8, 4) is 11.3 Å². The fourth-order valence-electron chi connectivity index (χ4n) is 3.33. The molecule has 1 fully saturated rings. The maximum absolute atomic E-state index is 13.2. The average molecular weight is 482 g/mol. The van der Waals surface area contributed by atoms with Crippen molar-refractivity contribution in [2.24, 2.45) is 0 Å². The molecule has 0 saturated carbocycles. The van der Waals surface area contributed by atoms with Crippen LogP contribution in [-0.2, 0) is 16.0 Å². The summed E-state index contributed by atoms with van der Waals surface area (Å²) in [5.41, 5.74) is 2.24. The molecule has 0 aliphatic carbocycles. The van der Waals surface area contributed by atoms with Gasteiger partial charge < -0.3 is 5.32 Å². The van der Waals surface area contributed by atoms with Crippen LogP contribution in [-0.4, -0.2) is 40.0 Å². The first kappa shape index (κ1) is 22.9. The van der Waals surface area contributed by atoms with E-state index in [1.807, 2.05) is 37.3 Å². The number of nitrogens with one attached hydrogen (secondary N) is 1. The number of amides is 3. The highest BCUT2D eigenvalue weighted by molar-refractivity contribution is 8.18. The number of carbonyl (C=O) groups excluding carboxylic acids is 3. The Morgan fingerprint density at radius 2 is 1.85 bits per heavy atom. The summed E-state index contributed by atoms with van der Waals surface area (Å²) in [6, 6.07) is 15.3. The SMILES string of the molecule is Cc1nc(-c2ccc(F)cc2)c(CC(=O)NCCN2C(=O)SC(=Cc3ccccc3)C2=O)s1. The predicted octanol–water partition coefficient (Wildman–Crippen LogP) is 4.65. The smallest absolute Gasteiger partial charge is 0.293 e. The van der Waals surface area contributed by atoms with Crippen LogP contribution in [0.25, 0.3) is 17.3 Å².